The Morgan fingerprint density at radius 3 is 2.69 bits per heavy atom. The number of H-pyrrole nitrogens is 1. The van der Waals surface area contributed by atoms with E-state index >= 15 is 0 Å². The Kier molecular flexibility index (Phi) is 3.00. The van der Waals surface area contributed by atoms with E-state index in [0.717, 1.165) is 12.1 Å². The Balaban J connectivity index is 2.06. The third-order valence-corrected chi connectivity index (χ3v) is 2.33. The van der Waals surface area contributed by atoms with E-state index < -0.39 is 0 Å². The lowest BCUT2D eigenvalue weighted by Gasteiger charge is -2.03. The number of amides is 1. The van der Waals surface area contributed by atoms with Crippen LogP contribution in [0.1, 0.15) is 23.1 Å². The zero-order valence-corrected chi connectivity index (χ0v) is 9.03. The minimum atomic E-state index is -0.228. The van der Waals surface area contributed by atoms with Gasteiger partial charge in [0.25, 0.3) is 5.91 Å². The lowest BCUT2D eigenvalue weighted by Crippen LogP contribution is -2.13. The number of benzene rings is 1. The van der Waals surface area contributed by atoms with Crippen LogP contribution in [0.2, 0.25) is 0 Å². The summed E-state index contributed by atoms with van der Waals surface area (Å²) in [4.78, 5) is 18.3. The van der Waals surface area contributed by atoms with E-state index in [1.807, 2.05) is 24.3 Å². The number of nitrogens with one attached hydrogen (secondary N) is 2. The van der Waals surface area contributed by atoms with Gasteiger partial charge in [0, 0.05) is 18.1 Å². The third kappa shape index (κ3) is 2.28. The third-order valence-electron chi connectivity index (χ3n) is 2.33. The number of anilines is 1. The first-order chi connectivity index (χ1) is 7.79. The van der Waals surface area contributed by atoms with Crippen molar-refractivity contribution in [2.24, 2.45) is 0 Å². The molecule has 0 aliphatic rings. The number of hydrogen-bond acceptors (Lipinski definition) is 2. The molecule has 0 aliphatic carbocycles. The molecule has 0 saturated heterocycles. The van der Waals surface area contributed by atoms with Crippen molar-refractivity contribution < 1.29 is 4.79 Å². The molecule has 4 heteroatoms. The summed E-state index contributed by atoms with van der Waals surface area (Å²) < 4.78 is 0. The predicted octanol–water partition coefficient (Wildman–Crippen LogP) is 2.22. The molecule has 82 valence electrons. The predicted molar refractivity (Wildman–Crippen MR) is 62.4 cm³/mol. The van der Waals surface area contributed by atoms with Crippen molar-refractivity contribution in [3.8, 4) is 0 Å². The van der Waals surface area contributed by atoms with Gasteiger partial charge < -0.3 is 10.3 Å². The summed E-state index contributed by atoms with van der Waals surface area (Å²) in [6.45, 7) is 2.09. The molecular formula is C12H13N3O. The van der Waals surface area contributed by atoms with E-state index in [1.54, 1.807) is 12.4 Å². The van der Waals surface area contributed by atoms with Crippen molar-refractivity contribution in [1.82, 2.24) is 9.97 Å². The smallest absolute Gasteiger partial charge is 0.291 e. The highest BCUT2D eigenvalue weighted by Gasteiger charge is 2.07. The summed E-state index contributed by atoms with van der Waals surface area (Å²) >= 11 is 0. The monoisotopic (exact) mass is 215 g/mol. The molecule has 0 spiro atoms. The molecule has 4 nitrogen and oxygen atoms in total. The number of imidazole rings is 1. The van der Waals surface area contributed by atoms with Gasteiger partial charge in [-0.3, -0.25) is 4.79 Å². The first-order valence-electron chi connectivity index (χ1n) is 5.19. The fraction of sp³-hybridized carbons (Fsp3) is 0.167. The largest absolute Gasteiger partial charge is 0.341 e. The van der Waals surface area contributed by atoms with Gasteiger partial charge in [-0.05, 0) is 24.1 Å². The maximum Gasteiger partial charge on any atom is 0.291 e. The molecule has 2 rings (SSSR count). The Labute approximate surface area is 93.7 Å². The van der Waals surface area contributed by atoms with E-state index in [9.17, 15) is 4.79 Å². The van der Waals surface area contributed by atoms with Crippen LogP contribution in [-0.2, 0) is 6.42 Å². The molecule has 1 aromatic carbocycles. The molecular weight excluding hydrogens is 202 g/mol. The van der Waals surface area contributed by atoms with Crippen LogP contribution in [0.4, 0.5) is 5.69 Å². The molecule has 2 aromatic rings. The molecule has 0 bridgehead atoms. The van der Waals surface area contributed by atoms with Crippen LogP contribution < -0.4 is 5.32 Å². The number of rotatable bonds is 3. The van der Waals surface area contributed by atoms with Crippen LogP contribution in [0.25, 0.3) is 0 Å². The average Bonchev–Trinajstić information content (AvgIpc) is 2.83. The van der Waals surface area contributed by atoms with E-state index in [0.29, 0.717) is 5.82 Å². The normalized spacial score (nSPS) is 10.1. The summed E-state index contributed by atoms with van der Waals surface area (Å²) in [5.74, 6) is 0.0915. The topological polar surface area (TPSA) is 57.8 Å². The van der Waals surface area contributed by atoms with E-state index in [4.69, 9.17) is 0 Å². The molecule has 1 heterocycles. The lowest BCUT2D eigenvalue weighted by molar-refractivity contribution is 0.101. The minimum absolute atomic E-state index is 0.228. The van der Waals surface area contributed by atoms with Crippen LogP contribution in [0, 0.1) is 0 Å². The highest BCUT2D eigenvalue weighted by atomic mass is 16.2. The number of carbonyl (C=O) groups excluding carboxylic acids is 1. The van der Waals surface area contributed by atoms with Crippen LogP contribution in [0.5, 0.6) is 0 Å². The number of carbonyl (C=O) groups is 1. The Hall–Kier alpha value is -2.10. The van der Waals surface area contributed by atoms with Crippen molar-refractivity contribution in [3.05, 3.63) is 48.0 Å². The highest BCUT2D eigenvalue weighted by Crippen LogP contribution is 2.10. The first-order valence-corrected chi connectivity index (χ1v) is 5.19. The standard InChI is InChI=1S/C12H13N3O/c1-2-9-3-5-10(6-4-9)15-12(16)11-13-7-8-14-11/h3-8H,2H2,1H3,(H,13,14)(H,15,16). The van der Waals surface area contributed by atoms with Crippen LogP contribution in [-0.4, -0.2) is 15.9 Å². The van der Waals surface area contributed by atoms with Crippen LogP contribution >= 0.6 is 0 Å². The zero-order chi connectivity index (χ0) is 11.4. The van der Waals surface area contributed by atoms with Crippen molar-refractivity contribution in [2.45, 2.75) is 13.3 Å². The van der Waals surface area contributed by atoms with Crippen LogP contribution in [0.3, 0.4) is 0 Å². The second-order valence-electron chi connectivity index (χ2n) is 3.44. The Morgan fingerprint density at radius 2 is 2.12 bits per heavy atom. The fourth-order valence-electron chi connectivity index (χ4n) is 1.40. The molecule has 16 heavy (non-hydrogen) atoms. The number of nitrogens with zero attached hydrogens (tertiary/aromatic N) is 1. The molecule has 0 fully saturated rings. The zero-order valence-electron chi connectivity index (χ0n) is 9.03. The van der Waals surface area contributed by atoms with Gasteiger partial charge in [0.2, 0.25) is 0 Å². The SMILES string of the molecule is CCc1ccc(NC(=O)c2ncc[nH]2)cc1. The maximum atomic E-state index is 11.6. The minimum Gasteiger partial charge on any atom is -0.341 e. The number of aromatic amines is 1. The van der Waals surface area contributed by atoms with Crippen molar-refractivity contribution >= 4 is 11.6 Å². The van der Waals surface area contributed by atoms with Crippen molar-refractivity contribution in [3.63, 3.8) is 0 Å². The maximum absolute atomic E-state index is 11.6. The summed E-state index contributed by atoms with van der Waals surface area (Å²) in [5.41, 5.74) is 2.02. The van der Waals surface area contributed by atoms with Gasteiger partial charge in [-0.15, -0.1) is 0 Å². The van der Waals surface area contributed by atoms with Gasteiger partial charge in [0.1, 0.15) is 0 Å². The molecule has 0 unspecified atom stereocenters. The van der Waals surface area contributed by atoms with Gasteiger partial charge in [-0.1, -0.05) is 19.1 Å². The second kappa shape index (κ2) is 4.61. The molecule has 1 amide bonds. The summed E-state index contributed by atoms with van der Waals surface area (Å²) in [6.07, 6.45) is 4.16. The van der Waals surface area contributed by atoms with Gasteiger partial charge in [0.15, 0.2) is 5.82 Å². The average molecular weight is 215 g/mol. The first kappa shape index (κ1) is 10.4. The summed E-state index contributed by atoms with van der Waals surface area (Å²) in [5, 5.41) is 2.76. The van der Waals surface area contributed by atoms with Crippen LogP contribution in [0.15, 0.2) is 36.7 Å². The van der Waals surface area contributed by atoms with Gasteiger partial charge in [-0.2, -0.15) is 0 Å². The van der Waals surface area contributed by atoms with E-state index in [1.165, 1.54) is 5.56 Å². The number of hydrogen-bond donors (Lipinski definition) is 2. The van der Waals surface area contributed by atoms with Gasteiger partial charge >= 0.3 is 0 Å². The molecule has 0 aliphatic heterocycles. The molecule has 2 N–H and O–H groups in total. The van der Waals surface area contributed by atoms with E-state index in [-0.39, 0.29) is 5.91 Å². The second-order valence-corrected chi connectivity index (χ2v) is 3.44. The number of aromatic nitrogens is 2. The van der Waals surface area contributed by atoms with Gasteiger partial charge in [-0.25, -0.2) is 4.98 Å². The Morgan fingerprint density at radius 1 is 1.38 bits per heavy atom. The fourth-order valence-corrected chi connectivity index (χ4v) is 1.40. The molecule has 0 saturated carbocycles. The molecule has 1 aromatic heterocycles. The lowest BCUT2D eigenvalue weighted by atomic mass is 10.1. The summed E-state index contributed by atoms with van der Waals surface area (Å²) in [6, 6.07) is 7.77. The Bertz CT molecular complexity index is 460. The molecule has 0 atom stereocenters. The molecule has 0 radical (unpaired) electrons. The van der Waals surface area contributed by atoms with Crippen molar-refractivity contribution in [2.75, 3.05) is 5.32 Å². The van der Waals surface area contributed by atoms with Gasteiger partial charge in [0.05, 0.1) is 0 Å². The number of aryl methyl sites for hydroxylation is 1. The van der Waals surface area contributed by atoms with E-state index in [2.05, 4.69) is 22.2 Å². The summed E-state index contributed by atoms with van der Waals surface area (Å²) in [7, 11) is 0. The quantitative estimate of drug-likeness (QED) is 0.824. The highest BCUT2D eigenvalue weighted by molar-refractivity contribution is 6.01. The van der Waals surface area contributed by atoms with Crippen molar-refractivity contribution in [1.29, 1.82) is 0 Å².